The molecule has 1 aliphatic rings. The molecule has 5 heteroatoms. The number of carbonyl (C=O) groups excluding carboxylic acids is 3. The van der Waals surface area contributed by atoms with Crippen molar-refractivity contribution in [1.82, 2.24) is 4.90 Å². The SMILES string of the molecule is CC(C)COC(=O)CCCCCN1C(=O)C=CC1=O. The average molecular weight is 267 g/mol. The van der Waals surface area contributed by atoms with E-state index in [2.05, 4.69) is 0 Å². The molecule has 2 amide bonds. The molecule has 0 aromatic rings. The van der Waals surface area contributed by atoms with Crippen LogP contribution in [0.1, 0.15) is 39.5 Å². The van der Waals surface area contributed by atoms with E-state index >= 15 is 0 Å². The van der Waals surface area contributed by atoms with E-state index in [1.54, 1.807) is 0 Å². The van der Waals surface area contributed by atoms with Gasteiger partial charge in [-0.25, -0.2) is 0 Å². The molecule has 0 atom stereocenters. The topological polar surface area (TPSA) is 63.7 Å². The highest BCUT2D eigenvalue weighted by Crippen LogP contribution is 2.08. The van der Waals surface area contributed by atoms with Crippen LogP contribution in [-0.4, -0.2) is 35.8 Å². The summed E-state index contributed by atoms with van der Waals surface area (Å²) in [6.45, 7) is 4.86. The van der Waals surface area contributed by atoms with Crippen molar-refractivity contribution in [2.24, 2.45) is 5.92 Å². The van der Waals surface area contributed by atoms with Gasteiger partial charge in [0.25, 0.3) is 11.8 Å². The Labute approximate surface area is 113 Å². The second-order valence-electron chi connectivity index (χ2n) is 5.05. The maximum atomic E-state index is 11.3. The number of carbonyl (C=O) groups is 3. The number of imide groups is 1. The van der Waals surface area contributed by atoms with Gasteiger partial charge < -0.3 is 4.74 Å². The predicted octanol–water partition coefficient (Wildman–Crippen LogP) is 1.67. The molecule has 0 spiro atoms. The van der Waals surface area contributed by atoms with Gasteiger partial charge >= 0.3 is 5.97 Å². The zero-order chi connectivity index (χ0) is 14.3. The largest absolute Gasteiger partial charge is 0.465 e. The van der Waals surface area contributed by atoms with E-state index in [-0.39, 0.29) is 17.8 Å². The van der Waals surface area contributed by atoms with E-state index in [9.17, 15) is 14.4 Å². The van der Waals surface area contributed by atoms with Gasteiger partial charge in [0.1, 0.15) is 0 Å². The molecule has 106 valence electrons. The fourth-order valence-electron chi connectivity index (χ4n) is 1.70. The highest BCUT2D eigenvalue weighted by atomic mass is 16.5. The molecular formula is C14H21NO4. The van der Waals surface area contributed by atoms with Crippen LogP contribution in [0.25, 0.3) is 0 Å². The van der Waals surface area contributed by atoms with Gasteiger partial charge in [0.05, 0.1) is 6.61 Å². The van der Waals surface area contributed by atoms with Crippen LogP contribution in [0.2, 0.25) is 0 Å². The lowest BCUT2D eigenvalue weighted by Crippen LogP contribution is -2.30. The lowest BCUT2D eigenvalue weighted by molar-refractivity contribution is -0.145. The van der Waals surface area contributed by atoms with Crippen LogP contribution < -0.4 is 0 Å². The monoisotopic (exact) mass is 267 g/mol. The third-order valence-corrected chi connectivity index (χ3v) is 2.74. The lowest BCUT2D eigenvalue weighted by atomic mass is 10.2. The van der Waals surface area contributed by atoms with E-state index < -0.39 is 0 Å². The molecule has 1 rings (SSSR count). The number of nitrogens with zero attached hydrogens (tertiary/aromatic N) is 1. The van der Waals surface area contributed by atoms with Crippen molar-refractivity contribution in [3.05, 3.63) is 12.2 Å². The predicted molar refractivity (Wildman–Crippen MR) is 70.1 cm³/mol. The van der Waals surface area contributed by atoms with Crippen LogP contribution in [-0.2, 0) is 19.1 Å². The van der Waals surface area contributed by atoms with Crippen molar-refractivity contribution in [3.8, 4) is 0 Å². The van der Waals surface area contributed by atoms with Gasteiger partial charge in [-0.05, 0) is 18.8 Å². The van der Waals surface area contributed by atoms with Gasteiger partial charge in [-0.1, -0.05) is 20.3 Å². The Bertz CT molecular complexity index is 356. The number of rotatable bonds is 8. The standard InChI is InChI=1S/C14H21NO4/c1-11(2)10-19-14(18)6-4-3-5-9-15-12(16)7-8-13(15)17/h7-8,11H,3-6,9-10H2,1-2H3. The molecule has 0 unspecified atom stereocenters. The summed E-state index contributed by atoms with van der Waals surface area (Å²) in [5, 5.41) is 0. The average Bonchev–Trinajstić information content (AvgIpc) is 2.67. The number of hydrogen-bond acceptors (Lipinski definition) is 4. The third-order valence-electron chi connectivity index (χ3n) is 2.74. The number of hydrogen-bond donors (Lipinski definition) is 0. The van der Waals surface area contributed by atoms with Crippen molar-refractivity contribution in [2.45, 2.75) is 39.5 Å². The molecule has 0 fully saturated rings. The Hall–Kier alpha value is -1.65. The molecule has 1 heterocycles. The fraction of sp³-hybridized carbons (Fsp3) is 0.643. The van der Waals surface area contributed by atoms with Crippen LogP contribution in [0.3, 0.4) is 0 Å². The normalized spacial score (nSPS) is 14.6. The van der Waals surface area contributed by atoms with Gasteiger partial charge in [-0.15, -0.1) is 0 Å². The molecule has 0 bridgehead atoms. The third kappa shape index (κ3) is 5.68. The summed E-state index contributed by atoms with van der Waals surface area (Å²) in [5.41, 5.74) is 0. The Morgan fingerprint density at radius 3 is 2.37 bits per heavy atom. The number of ether oxygens (including phenoxy) is 1. The first-order valence-electron chi connectivity index (χ1n) is 6.70. The number of esters is 1. The highest BCUT2D eigenvalue weighted by Gasteiger charge is 2.22. The first-order valence-corrected chi connectivity index (χ1v) is 6.70. The summed E-state index contributed by atoms with van der Waals surface area (Å²) in [6.07, 6.45) is 5.20. The van der Waals surface area contributed by atoms with Crippen LogP contribution >= 0.6 is 0 Å². The van der Waals surface area contributed by atoms with Crippen molar-refractivity contribution >= 4 is 17.8 Å². The summed E-state index contributed by atoms with van der Waals surface area (Å²) < 4.78 is 5.05. The maximum absolute atomic E-state index is 11.3. The van der Waals surface area contributed by atoms with E-state index in [0.29, 0.717) is 25.5 Å². The second-order valence-corrected chi connectivity index (χ2v) is 5.05. The van der Waals surface area contributed by atoms with Gasteiger partial charge in [-0.2, -0.15) is 0 Å². The van der Waals surface area contributed by atoms with E-state index in [0.717, 1.165) is 19.3 Å². The van der Waals surface area contributed by atoms with Crippen molar-refractivity contribution < 1.29 is 19.1 Å². The Morgan fingerprint density at radius 1 is 1.16 bits per heavy atom. The summed E-state index contributed by atoms with van der Waals surface area (Å²) >= 11 is 0. The smallest absolute Gasteiger partial charge is 0.305 e. The summed E-state index contributed by atoms with van der Waals surface area (Å²) in [4.78, 5) is 35.0. The van der Waals surface area contributed by atoms with Crippen LogP contribution in [0.4, 0.5) is 0 Å². The van der Waals surface area contributed by atoms with Gasteiger partial charge in [0.15, 0.2) is 0 Å². The number of amides is 2. The second kappa shape index (κ2) is 7.71. The molecule has 0 aromatic heterocycles. The zero-order valence-electron chi connectivity index (χ0n) is 11.6. The first-order chi connectivity index (χ1) is 9.00. The maximum Gasteiger partial charge on any atom is 0.305 e. The molecule has 5 nitrogen and oxygen atoms in total. The molecule has 0 saturated heterocycles. The van der Waals surface area contributed by atoms with Crippen molar-refractivity contribution in [3.63, 3.8) is 0 Å². The van der Waals surface area contributed by atoms with E-state index in [4.69, 9.17) is 4.74 Å². The van der Waals surface area contributed by atoms with Crippen molar-refractivity contribution in [2.75, 3.05) is 13.2 Å². The van der Waals surface area contributed by atoms with Gasteiger partial charge in [-0.3, -0.25) is 19.3 Å². The molecule has 0 saturated carbocycles. The zero-order valence-corrected chi connectivity index (χ0v) is 11.6. The molecule has 0 radical (unpaired) electrons. The van der Waals surface area contributed by atoms with Gasteiger partial charge in [0.2, 0.25) is 0 Å². The molecule has 19 heavy (non-hydrogen) atoms. The minimum Gasteiger partial charge on any atom is -0.465 e. The van der Waals surface area contributed by atoms with Crippen LogP contribution in [0, 0.1) is 5.92 Å². The van der Waals surface area contributed by atoms with Crippen LogP contribution in [0.5, 0.6) is 0 Å². The molecule has 0 aromatic carbocycles. The summed E-state index contributed by atoms with van der Waals surface area (Å²) in [6, 6.07) is 0. The Balaban J connectivity index is 2.04. The molecule has 0 N–H and O–H groups in total. The minimum atomic E-state index is -0.249. The molecular weight excluding hydrogens is 246 g/mol. The van der Waals surface area contributed by atoms with E-state index in [1.807, 2.05) is 13.8 Å². The fourth-order valence-corrected chi connectivity index (χ4v) is 1.70. The van der Waals surface area contributed by atoms with Gasteiger partial charge in [0, 0.05) is 25.1 Å². The Morgan fingerprint density at radius 2 is 1.79 bits per heavy atom. The minimum absolute atomic E-state index is 0.177. The summed E-state index contributed by atoms with van der Waals surface area (Å²) in [7, 11) is 0. The quantitative estimate of drug-likeness (QED) is 0.381. The summed E-state index contributed by atoms with van der Waals surface area (Å²) in [5.74, 6) is -0.324. The Kier molecular flexibility index (Phi) is 6.25. The van der Waals surface area contributed by atoms with Crippen LogP contribution in [0.15, 0.2) is 12.2 Å². The molecule has 1 aliphatic heterocycles. The molecule has 0 aliphatic carbocycles. The highest BCUT2D eigenvalue weighted by molar-refractivity contribution is 6.12. The van der Waals surface area contributed by atoms with Crippen molar-refractivity contribution in [1.29, 1.82) is 0 Å². The van der Waals surface area contributed by atoms with E-state index in [1.165, 1.54) is 17.1 Å². The lowest BCUT2D eigenvalue weighted by Gasteiger charge is -2.13. The first kappa shape index (κ1) is 15.4. The number of unbranched alkanes of at least 4 members (excludes halogenated alkanes) is 2.